The fourth-order valence-corrected chi connectivity index (χ4v) is 4.26. The molecule has 1 aliphatic heterocycles. The highest BCUT2D eigenvalue weighted by Crippen LogP contribution is 2.34. The predicted molar refractivity (Wildman–Crippen MR) is 106 cm³/mol. The normalized spacial score (nSPS) is 16.7. The maximum atomic E-state index is 12.7. The molecule has 2 amide bonds. The van der Waals surface area contributed by atoms with Crippen LogP contribution in [0.15, 0.2) is 42.5 Å². The lowest BCUT2D eigenvalue weighted by Crippen LogP contribution is -2.28. The average molecular weight is 381 g/mol. The number of carbonyl (C=O) groups excluding carboxylic acids is 2. The molecule has 7 heteroatoms. The summed E-state index contributed by atoms with van der Waals surface area (Å²) in [5, 5.41) is 3.44. The number of methoxy groups -OCH3 is 1. The van der Waals surface area contributed by atoms with Gasteiger partial charge in [-0.3, -0.25) is 9.59 Å². The molecule has 1 aromatic heterocycles. The Balaban J connectivity index is 1.51. The summed E-state index contributed by atoms with van der Waals surface area (Å²) in [6.07, 6.45) is 0.174. The highest BCUT2D eigenvalue weighted by molar-refractivity contribution is 7.22. The van der Waals surface area contributed by atoms with Crippen molar-refractivity contribution in [3.8, 4) is 5.75 Å². The summed E-state index contributed by atoms with van der Waals surface area (Å²) in [5.74, 6) is -0.0682. The van der Waals surface area contributed by atoms with E-state index in [1.165, 1.54) is 11.3 Å². The summed E-state index contributed by atoms with van der Waals surface area (Å²) in [6.45, 7) is 2.32. The highest BCUT2D eigenvalue weighted by atomic mass is 32.1. The first kappa shape index (κ1) is 17.5. The standard InChI is InChI=1S/C20H19N3O3S/c1-12-6-5-9-16-18(12)21-20(27-16)22-19(25)13-10-17(24)23(11-13)14-7-3-4-8-15(14)26-2/h3-9,13H,10-11H2,1-2H3,(H,21,22,25)/t13-/m1/s1. The van der Waals surface area contributed by atoms with Crippen LogP contribution in [-0.4, -0.2) is 30.5 Å². The molecule has 3 aromatic rings. The SMILES string of the molecule is COc1ccccc1N1C[C@H](C(=O)Nc2nc3c(C)cccc3s2)CC1=O. The molecule has 2 aromatic carbocycles. The largest absolute Gasteiger partial charge is 0.495 e. The molecule has 1 atom stereocenters. The molecule has 1 aliphatic rings. The number of amides is 2. The van der Waals surface area contributed by atoms with E-state index in [1.807, 2.05) is 43.3 Å². The van der Waals surface area contributed by atoms with Gasteiger partial charge in [0, 0.05) is 13.0 Å². The second-order valence-electron chi connectivity index (χ2n) is 6.51. The molecule has 138 valence electrons. The number of nitrogens with zero attached hydrogens (tertiary/aromatic N) is 2. The summed E-state index contributed by atoms with van der Waals surface area (Å²) in [5.41, 5.74) is 2.66. The molecule has 1 fully saturated rings. The smallest absolute Gasteiger partial charge is 0.231 e. The Morgan fingerprint density at radius 3 is 2.85 bits per heavy atom. The molecule has 1 saturated heterocycles. The fourth-order valence-electron chi connectivity index (χ4n) is 3.32. The first-order valence-corrected chi connectivity index (χ1v) is 9.49. The number of hydrogen-bond donors (Lipinski definition) is 1. The van der Waals surface area contributed by atoms with Crippen LogP contribution in [0.1, 0.15) is 12.0 Å². The molecule has 27 heavy (non-hydrogen) atoms. The number of thiazole rings is 1. The molecule has 0 radical (unpaired) electrons. The van der Waals surface area contributed by atoms with Gasteiger partial charge in [-0.1, -0.05) is 35.6 Å². The van der Waals surface area contributed by atoms with Crippen LogP contribution >= 0.6 is 11.3 Å². The lowest BCUT2D eigenvalue weighted by Gasteiger charge is -2.19. The lowest BCUT2D eigenvalue weighted by atomic mass is 10.1. The van der Waals surface area contributed by atoms with E-state index < -0.39 is 5.92 Å². The second kappa shape index (κ2) is 7.00. The van der Waals surface area contributed by atoms with Crippen LogP contribution in [0.3, 0.4) is 0 Å². The maximum absolute atomic E-state index is 12.7. The molecule has 0 bridgehead atoms. The summed E-state index contributed by atoms with van der Waals surface area (Å²) >= 11 is 1.44. The summed E-state index contributed by atoms with van der Waals surface area (Å²) in [7, 11) is 1.57. The third kappa shape index (κ3) is 3.26. The van der Waals surface area contributed by atoms with Crippen LogP contribution in [-0.2, 0) is 9.59 Å². The van der Waals surface area contributed by atoms with Gasteiger partial charge in [0.1, 0.15) is 5.75 Å². The predicted octanol–water partition coefficient (Wildman–Crippen LogP) is 3.60. The minimum absolute atomic E-state index is 0.0835. The van der Waals surface area contributed by atoms with E-state index in [0.717, 1.165) is 15.8 Å². The number of fused-ring (bicyclic) bond motifs is 1. The van der Waals surface area contributed by atoms with Crippen molar-refractivity contribution in [2.75, 3.05) is 23.9 Å². The number of nitrogens with one attached hydrogen (secondary N) is 1. The zero-order valence-electron chi connectivity index (χ0n) is 15.1. The van der Waals surface area contributed by atoms with E-state index in [1.54, 1.807) is 18.1 Å². The van der Waals surface area contributed by atoms with Gasteiger partial charge in [-0.25, -0.2) is 4.98 Å². The van der Waals surface area contributed by atoms with Crippen LogP contribution in [0.4, 0.5) is 10.8 Å². The number of aromatic nitrogens is 1. The molecule has 0 spiro atoms. The Morgan fingerprint density at radius 2 is 2.07 bits per heavy atom. The summed E-state index contributed by atoms with van der Waals surface area (Å²) < 4.78 is 6.37. The van der Waals surface area contributed by atoms with E-state index in [9.17, 15) is 9.59 Å². The number of carbonyl (C=O) groups is 2. The van der Waals surface area contributed by atoms with Crippen molar-refractivity contribution in [2.45, 2.75) is 13.3 Å². The van der Waals surface area contributed by atoms with Gasteiger partial charge in [-0.15, -0.1) is 0 Å². The van der Waals surface area contributed by atoms with Crippen molar-refractivity contribution in [3.63, 3.8) is 0 Å². The van der Waals surface area contributed by atoms with Gasteiger partial charge >= 0.3 is 0 Å². The first-order chi connectivity index (χ1) is 13.1. The van der Waals surface area contributed by atoms with Crippen molar-refractivity contribution in [3.05, 3.63) is 48.0 Å². The third-order valence-corrected chi connectivity index (χ3v) is 5.66. The third-order valence-electron chi connectivity index (χ3n) is 4.72. The topological polar surface area (TPSA) is 71.5 Å². The van der Waals surface area contributed by atoms with Gasteiger partial charge in [-0.2, -0.15) is 0 Å². The molecule has 6 nitrogen and oxygen atoms in total. The van der Waals surface area contributed by atoms with Crippen molar-refractivity contribution >= 4 is 44.2 Å². The number of rotatable bonds is 4. The number of para-hydroxylation sites is 3. The van der Waals surface area contributed by atoms with E-state index in [-0.39, 0.29) is 18.2 Å². The minimum Gasteiger partial charge on any atom is -0.495 e. The Labute approximate surface area is 160 Å². The van der Waals surface area contributed by atoms with Gasteiger partial charge < -0.3 is 15.0 Å². The van der Waals surface area contributed by atoms with Crippen molar-refractivity contribution in [2.24, 2.45) is 5.92 Å². The van der Waals surface area contributed by atoms with Crippen molar-refractivity contribution < 1.29 is 14.3 Å². The van der Waals surface area contributed by atoms with E-state index in [2.05, 4.69) is 10.3 Å². The van der Waals surface area contributed by atoms with Gasteiger partial charge in [0.25, 0.3) is 0 Å². The second-order valence-corrected chi connectivity index (χ2v) is 7.54. The van der Waals surface area contributed by atoms with Gasteiger partial charge in [0.05, 0.1) is 28.9 Å². The van der Waals surface area contributed by atoms with Crippen LogP contribution in [0, 0.1) is 12.8 Å². The average Bonchev–Trinajstić information content (AvgIpc) is 3.25. The Kier molecular flexibility index (Phi) is 4.53. The van der Waals surface area contributed by atoms with Crippen molar-refractivity contribution in [1.82, 2.24) is 4.98 Å². The molecule has 1 N–H and O–H groups in total. The first-order valence-electron chi connectivity index (χ1n) is 8.67. The van der Waals surface area contributed by atoms with E-state index >= 15 is 0 Å². The van der Waals surface area contributed by atoms with Crippen LogP contribution in [0.2, 0.25) is 0 Å². The van der Waals surface area contributed by atoms with E-state index in [4.69, 9.17) is 4.74 Å². The number of hydrogen-bond acceptors (Lipinski definition) is 5. The fraction of sp³-hybridized carbons (Fsp3) is 0.250. The molecular formula is C20H19N3O3S. The summed E-state index contributed by atoms with van der Waals surface area (Å²) in [4.78, 5) is 31.3. The van der Waals surface area contributed by atoms with E-state index in [0.29, 0.717) is 23.1 Å². The lowest BCUT2D eigenvalue weighted by molar-refractivity contribution is -0.122. The number of anilines is 2. The van der Waals surface area contributed by atoms with Gasteiger partial charge in [-0.05, 0) is 30.7 Å². The Bertz CT molecular complexity index is 1030. The minimum atomic E-state index is -0.421. The number of aryl methyl sites for hydroxylation is 1. The quantitative estimate of drug-likeness (QED) is 0.749. The zero-order chi connectivity index (χ0) is 19.0. The van der Waals surface area contributed by atoms with Crippen LogP contribution in [0.25, 0.3) is 10.2 Å². The van der Waals surface area contributed by atoms with Crippen molar-refractivity contribution in [1.29, 1.82) is 0 Å². The monoisotopic (exact) mass is 381 g/mol. The molecule has 0 unspecified atom stereocenters. The van der Waals surface area contributed by atoms with Gasteiger partial charge in [0.2, 0.25) is 11.8 Å². The molecule has 0 aliphatic carbocycles. The Hall–Kier alpha value is -2.93. The zero-order valence-corrected chi connectivity index (χ0v) is 15.9. The molecular weight excluding hydrogens is 362 g/mol. The Morgan fingerprint density at radius 1 is 1.26 bits per heavy atom. The van der Waals surface area contributed by atoms with Gasteiger partial charge in [0.15, 0.2) is 5.13 Å². The maximum Gasteiger partial charge on any atom is 0.231 e. The highest BCUT2D eigenvalue weighted by Gasteiger charge is 2.36. The number of benzene rings is 2. The van der Waals surface area contributed by atoms with Crippen LogP contribution in [0.5, 0.6) is 5.75 Å². The number of ether oxygens (including phenoxy) is 1. The molecule has 4 rings (SSSR count). The van der Waals surface area contributed by atoms with Crippen LogP contribution < -0.4 is 15.0 Å². The molecule has 2 heterocycles. The summed E-state index contributed by atoms with van der Waals surface area (Å²) in [6, 6.07) is 13.3. The molecule has 0 saturated carbocycles.